The molecule has 0 bridgehead atoms. The van der Waals surface area contributed by atoms with Gasteiger partial charge in [0.05, 0.1) is 10.6 Å². The van der Waals surface area contributed by atoms with Gasteiger partial charge in [-0.25, -0.2) is 9.98 Å². The number of nitro benzene ring substituents is 1. The fourth-order valence-corrected chi connectivity index (χ4v) is 3.39. The van der Waals surface area contributed by atoms with Gasteiger partial charge in [0.1, 0.15) is 5.04 Å². The van der Waals surface area contributed by atoms with E-state index in [1.807, 2.05) is 0 Å². The third-order valence-electron chi connectivity index (χ3n) is 3.73. The van der Waals surface area contributed by atoms with Crippen LogP contribution in [-0.2, 0) is 0 Å². The van der Waals surface area contributed by atoms with E-state index >= 15 is 0 Å². The number of aliphatic imine (C=N–C) groups is 2. The lowest BCUT2D eigenvalue weighted by Crippen LogP contribution is -2.35. The molecule has 0 atom stereocenters. The van der Waals surface area contributed by atoms with Crippen LogP contribution < -0.4 is 0 Å². The van der Waals surface area contributed by atoms with E-state index in [2.05, 4.69) is 28.7 Å². The summed E-state index contributed by atoms with van der Waals surface area (Å²) in [6, 6.07) is 6.21. The number of nitro groups is 1. The third-order valence-corrected chi connectivity index (χ3v) is 4.80. The Kier molecular flexibility index (Phi) is 7.52. The van der Waals surface area contributed by atoms with Gasteiger partial charge in [-0.3, -0.25) is 10.1 Å². The number of nitrogens with zero attached hydrogens (tertiary/aromatic N) is 4. The maximum absolute atomic E-state index is 10.8. The Balaban J connectivity index is 2.23. The number of hydrogen-bond acceptors (Lipinski definition) is 6. The molecule has 1 aliphatic rings. The smallest absolute Gasteiger partial charge is 0.269 e. The molecule has 0 unspecified atom stereocenters. The first-order valence-electron chi connectivity index (χ1n) is 8.44. The van der Waals surface area contributed by atoms with Gasteiger partial charge in [0.25, 0.3) is 5.69 Å². The minimum absolute atomic E-state index is 0.0555. The fraction of sp³-hybridized carbons (Fsp3) is 0.471. The summed E-state index contributed by atoms with van der Waals surface area (Å²) in [6.45, 7) is 6.19. The number of unbranched alkanes of at least 4 members (excludes halogenated alkanes) is 2. The summed E-state index contributed by atoms with van der Waals surface area (Å²) in [5.41, 5.74) is 0.719. The SMILES string of the molecule is CCCCN(CCCC)C1=NC(=S)SC1=Nc1ccc([N+](=O)[O-])cc1. The van der Waals surface area contributed by atoms with Gasteiger partial charge in [0.2, 0.25) is 0 Å². The van der Waals surface area contributed by atoms with Crippen LogP contribution >= 0.6 is 24.0 Å². The topological polar surface area (TPSA) is 71.1 Å². The molecule has 1 aliphatic heterocycles. The van der Waals surface area contributed by atoms with Gasteiger partial charge in [-0.05, 0) is 49.0 Å². The molecule has 0 aliphatic carbocycles. The number of thioether (sulfide) groups is 1. The van der Waals surface area contributed by atoms with Crippen molar-refractivity contribution in [3.05, 3.63) is 34.4 Å². The second-order valence-corrected chi connectivity index (χ2v) is 7.31. The van der Waals surface area contributed by atoms with Gasteiger partial charge in [-0.1, -0.05) is 26.7 Å². The summed E-state index contributed by atoms with van der Waals surface area (Å²) in [7, 11) is 0. The summed E-state index contributed by atoms with van der Waals surface area (Å²) in [5, 5.41) is 11.5. The Bertz CT molecular complexity index is 678. The highest BCUT2D eigenvalue weighted by atomic mass is 32.2. The van der Waals surface area contributed by atoms with Crippen molar-refractivity contribution in [1.29, 1.82) is 0 Å². The minimum Gasteiger partial charge on any atom is -0.354 e. The van der Waals surface area contributed by atoms with E-state index in [1.165, 1.54) is 23.9 Å². The molecular weight excluding hydrogens is 356 g/mol. The number of amidine groups is 1. The largest absolute Gasteiger partial charge is 0.354 e. The number of thiocarbonyl (C=S) groups is 1. The molecule has 1 aromatic rings. The predicted octanol–water partition coefficient (Wildman–Crippen LogP) is 4.96. The molecule has 0 saturated heterocycles. The van der Waals surface area contributed by atoms with E-state index in [9.17, 15) is 10.1 Å². The Morgan fingerprint density at radius 2 is 1.80 bits per heavy atom. The zero-order chi connectivity index (χ0) is 18.2. The van der Waals surface area contributed by atoms with Crippen molar-refractivity contribution in [2.24, 2.45) is 9.98 Å². The van der Waals surface area contributed by atoms with Crippen LogP contribution in [0, 0.1) is 10.1 Å². The molecule has 0 spiro atoms. The number of benzene rings is 1. The molecule has 6 nitrogen and oxygen atoms in total. The lowest BCUT2D eigenvalue weighted by Gasteiger charge is -2.24. The quantitative estimate of drug-likeness (QED) is 0.363. The predicted molar refractivity (Wildman–Crippen MR) is 109 cm³/mol. The van der Waals surface area contributed by atoms with E-state index in [4.69, 9.17) is 12.2 Å². The molecular formula is C17H22N4O2S2. The van der Waals surface area contributed by atoms with Crippen molar-refractivity contribution in [2.75, 3.05) is 13.1 Å². The molecule has 25 heavy (non-hydrogen) atoms. The van der Waals surface area contributed by atoms with E-state index in [1.54, 1.807) is 12.1 Å². The molecule has 0 radical (unpaired) electrons. The average Bonchev–Trinajstić information content (AvgIpc) is 2.95. The van der Waals surface area contributed by atoms with Gasteiger partial charge < -0.3 is 4.90 Å². The molecule has 0 saturated carbocycles. The van der Waals surface area contributed by atoms with Crippen LogP contribution in [0.2, 0.25) is 0 Å². The molecule has 0 fully saturated rings. The van der Waals surface area contributed by atoms with Gasteiger partial charge >= 0.3 is 0 Å². The standard InChI is InChI=1S/C17H22N4O2S2/c1-3-5-11-20(12-6-4-2)15-16(25-17(24)19-15)18-13-7-9-14(10-8-13)21(22)23/h7-10H,3-6,11-12H2,1-2H3. The van der Waals surface area contributed by atoms with E-state index in [0.717, 1.165) is 49.7 Å². The summed E-state index contributed by atoms with van der Waals surface area (Å²) in [6.07, 6.45) is 4.40. The minimum atomic E-state index is -0.416. The highest BCUT2D eigenvalue weighted by molar-refractivity contribution is 8.35. The van der Waals surface area contributed by atoms with Crippen LogP contribution in [0.15, 0.2) is 34.3 Å². The van der Waals surface area contributed by atoms with Crippen LogP contribution in [0.25, 0.3) is 0 Å². The van der Waals surface area contributed by atoms with Crippen molar-refractivity contribution in [1.82, 2.24) is 4.90 Å². The van der Waals surface area contributed by atoms with Gasteiger partial charge in [0, 0.05) is 25.2 Å². The zero-order valence-electron chi connectivity index (χ0n) is 14.5. The molecule has 0 aromatic heterocycles. The van der Waals surface area contributed by atoms with Crippen LogP contribution in [0.3, 0.4) is 0 Å². The Labute approximate surface area is 157 Å². The van der Waals surface area contributed by atoms with E-state index in [0.29, 0.717) is 10.0 Å². The van der Waals surface area contributed by atoms with Crippen LogP contribution in [0.4, 0.5) is 11.4 Å². The third kappa shape index (κ3) is 5.61. The maximum Gasteiger partial charge on any atom is 0.269 e. The van der Waals surface area contributed by atoms with Gasteiger partial charge in [-0.2, -0.15) is 0 Å². The normalized spacial score (nSPS) is 15.5. The molecule has 134 valence electrons. The van der Waals surface area contributed by atoms with E-state index in [-0.39, 0.29) is 5.69 Å². The molecule has 1 heterocycles. The average molecular weight is 379 g/mol. The fourth-order valence-electron chi connectivity index (χ4n) is 2.35. The Morgan fingerprint density at radius 1 is 1.20 bits per heavy atom. The van der Waals surface area contributed by atoms with Crippen molar-refractivity contribution < 1.29 is 4.92 Å². The number of non-ortho nitro benzene ring substituents is 1. The van der Waals surface area contributed by atoms with Crippen LogP contribution in [0.1, 0.15) is 39.5 Å². The van der Waals surface area contributed by atoms with Crippen molar-refractivity contribution in [3.8, 4) is 0 Å². The first-order valence-corrected chi connectivity index (χ1v) is 9.66. The molecule has 0 N–H and O–H groups in total. The van der Waals surface area contributed by atoms with E-state index < -0.39 is 4.92 Å². The van der Waals surface area contributed by atoms with Crippen molar-refractivity contribution in [3.63, 3.8) is 0 Å². The second kappa shape index (κ2) is 9.62. The second-order valence-electron chi connectivity index (χ2n) is 5.69. The van der Waals surface area contributed by atoms with Crippen LogP contribution in [-0.4, -0.2) is 38.1 Å². The zero-order valence-corrected chi connectivity index (χ0v) is 16.1. The highest BCUT2D eigenvalue weighted by Crippen LogP contribution is 2.26. The lowest BCUT2D eigenvalue weighted by molar-refractivity contribution is -0.384. The number of rotatable bonds is 8. The maximum atomic E-state index is 10.8. The summed E-state index contributed by atoms with van der Waals surface area (Å²) in [4.78, 5) is 21.7. The summed E-state index contributed by atoms with van der Waals surface area (Å²) < 4.78 is 0.564. The molecule has 2 rings (SSSR count). The number of hydrogen-bond donors (Lipinski definition) is 0. The monoisotopic (exact) mass is 378 g/mol. The first kappa shape index (κ1) is 19.5. The van der Waals surface area contributed by atoms with Crippen molar-refractivity contribution >= 4 is 50.6 Å². The molecule has 0 amide bonds. The summed E-state index contributed by atoms with van der Waals surface area (Å²) >= 11 is 6.64. The molecule has 8 heteroatoms. The van der Waals surface area contributed by atoms with Crippen LogP contribution in [0.5, 0.6) is 0 Å². The van der Waals surface area contributed by atoms with Crippen molar-refractivity contribution in [2.45, 2.75) is 39.5 Å². The highest BCUT2D eigenvalue weighted by Gasteiger charge is 2.25. The van der Waals surface area contributed by atoms with Gasteiger partial charge in [0.15, 0.2) is 10.2 Å². The Hall–Kier alpha value is -1.80. The summed E-state index contributed by atoms with van der Waals surface area (Å²) in [5.74, 6) is 0.829. The lowest BCUT2D eigenvalue weighted by atomic mass is 10.2. The Morgan fingerprint density at radius 3 is 2.32 bits per heavy atom. The van der Waals surface area contributed by atoms with Gasteiger partial charge in [-0.15, -0.1) is 0 Å². The molecule has 1 aromatic carbocycles. The first-order chi connectivity index (χ1) is 12.0.